The highest BCUT2D eigenvalue weighted by Gasteiger charge is 2.25. The molecule has 1 fully saturated rings. The first kappa shape index (κ1) is 17.1. The molecule has 128 valence electrons. The molecule has 1 saturated heterocycles. The fourth-order valence-electron chi connectivity index (χ4n) is 3.33. The molecule has 0 radical (unpaired) electrons. The van der Waals surface area contributed by atoms with Gasteiger partial charge in [0.05, 0.1) is 5.75 Å². The Labute approximate surface area is 148 Å². The molecule has 0 saturated carbocycles. The third-order valence-corrected chi connectivity index (χ3v) is 5.58. The lowest BCUT2D eigenvalue weighted by Gasteiger charge is -2.35. The van der Waals surface area contributed by atoms with E-state index in [-0.39, 0.29) is 5.91 Å². The second-order valence-electron chi connectivity index (χ2n) is 6.35. The van der Waals surface area contributed by atoms with Gasteiger partial charge in [-0.2, -0.15) is 0 Å². The second-order valence-corrected chi connectivity index (χ2v) is 7.29. The zero-order valence-electron chi connectivity index (χ0n) is 14.4. The van der Waals surface area contributed by atoms with Crippen LogP contribution in [-0.2, 0) is 4.79 Å². The van der Waals surface area contributed by atoms with Crippen LogP contribution < -0.4 is 0 Å². The Kier molecular flexibility index (Phi) is 5.61. The average Bonchev–Trinajstić information content (AvgIpc) is 3.08. The van der Waals surface area contributed by atoms with E-state index in [9.17, 15) is 4.79 Å². The minimum atomic E-state index is 0.241. The van der Waals surface area contributed by atoms with E-state index < -0.39 is 0 Å². The van der Waals surface area contributed by atoms with E-state index in [0.29, 0.717) is 11.8 Å². The first-order chi connectivity index (χ1) is 11.7. The number of piperidine rings is 1. The van der Waals surface area contributed by atoms with Crippen molar-refractivity contribution < 1.29 is 4.79 Å². The summed E-state index contributed by atoms with van der Waals surface area (Å²) in [6.07, 6.45) is 8.32. The SMILES string of the molecule is CCC1CCCCN1C(=O)CSc1nccn1-c1cccc(C)c1. The summed E-state index contributed by atoms with van der Waals surface area (Å²) >= 11 is 1.53. The first-order valence-electron chi connectivity index (χ1n) is 8.71. The van der Waals surface area contributed by atoms with Crippen molar-refractivity contribution in [2.45, 2.75) is 50.7 Å². The number of carbonyl (C=O) groups is 1. The Bertz CT molecular complexity index is 697. The molecule has 1 atom stereocenters. The van der Waals surface area contributed by atoms with Crippen molar-refractivity contribution >= 4 is 17.7 Å². The van der Waals surface area contributed by atoms with Gasteiger partial charge in [0.25, 0.3) is 0 Å². The number of amides is 1. The van der Waals surface area contributed by atoms with Crippen molar-refractivity contribution in [3.63, 3.8) is 0 Å². The van der Waals surface area contributed by atoms with Crippen LogP contribution in [0.25, 0.3) is 5.69 Å². The molecule has 2 aromatic rings. The lowest BCUT2D eigenvalue weighted by Crippen LogP contribution is -2.44. The summed E-state index contributed by atoms with van der Waals surface area (Å²) in [7, 11) is 0. The summed E-state index contributed by atoms with van der Waals surface area (Å²) in [6.45, 7) is 5.16. The van der Waals surface area contributed by atoms with Crippen LogP contribution in [0.2, 0.25) is 0 Å². The van der Waals surface area contributed by atoms with Gasteiger partial charge in [-0.3, -0.25) is 9.36 Å². The minimum Gasteiger partial charge on any atom is -0.339 e. The third kappa shape index (κ3) is 3.83. The third-order valence-electron chi connectivity index (χ3n) is 4.63. The summed E-state index contributed by atoms with van der Waals surface area (Å²) < 4.78 is 2.05. The van der Waals surface area contributed by atoms with Crippen LogP contribution in [0.5, 0.6) is 0 Å². The lowest BCUT2D eigenvalue weighted by atomic mass is 10.0. The van der Waals surface area contributed by atoms with E-state index in [0.717, 1.165) is 36.7 Å². The van der Waals surface area contributed by atoms with Crippen molar-refractivity contribution in [2.24, 2.45) is 0 Å². The van der Waals surface area contributed by atoms with Gasteiger partial charge in [-0.05, 0) is 50.3 Å². The van der Waals surface area contributed by atoms with Crippen molar-refractivity contribution in [3.8, 4) is 5.69 Å². The molecule has 5 heteroatoms. The average molecular weight is 343 g/mol. The van der Waals surface area contributed by atoms with Gasteiger partial charge in [0.1, 0.15) is 0 Å². The first-order valence-corrected chi connectivity index (χ1v) is 9.70. The van der Waals surface area contributed by atoms with Gasteiger partial charge in [-0.1, -0.05) is 30.8 Å². The Morgan fingerprint density at radius 3 is 3.04 bits per heavy atom. The Morgan fingerprint density at radius 2 is 2.25 bits per heavy atom. The number of aryl methyl sites for hydroxylation is 1. The van der Waals surface area contributed by atoms with Crippen LogP contribution in [0.15, 0.2) is 41.8 Å². The Balaban J connectivity index is 1.67. The molecule has 0 N–H and O–H groups in total. The number of hydrogen-bond acceptors (Lipinski definition) is 3. The molecule has 2 heterocycles. The monoisotopic (exact) mass is 343 g/mol. The molecule has 3 rings (SSSR count). The van der Waals surface area contributed by atoms with Gasteiger partial charge in [0.2, 0.25) is 5.91 Å². The summed E-state index contributed by atoms with van der Waals surface area (Å²) in [6, 6.07) is 8.74. The van der Waals surface area contributed by atoms with E-state index in [1.807, 2.05) is 12.3 Å². The summed E-state index contributed by atoms with van der Waals surface area (Å²) in [5, 5.41) is 0.874. The maximum Gasteiger partial charge on any atom is 0.233 e. The predicted octanol–water partition coefficient (Wildman–Crippen LogP) is 4.06. The maximum absolute atomic E-state index is 12.6. The Morgan fingerprint density at radius 1 is 1.38 bits per heavy atom. The number of nitrogens with zero attached hydrogens (tertiary/aromatic N) is 3. The standard InChI is InChI=1S/C19H25N3OS/c1-3-16-8-4-5-11-21(16)18(23)14-24-19-20-10-12-22(19)17-9-6-7-15(2)13-17/h6-7,9-10,12-13,16H,3-5,8,11,14H2,1-2H3. The molecule has 0 spiro atoms. The van der Waals surface area contributed by atoms with E-state index in [1.54, 1.807) is 6.20 Å². The highest BCUT2D eigenvalue weighted by molar-refractivity contribution is 7.99. The zero-order chi connectivity index (χ0) is 16.9. The second kappa shape index (κ2) is 7.88. The van der Waals surface area contributed by atoms with Crippen molar-refractivity contribution in [1.29, 1.82) is 0 Å². The molecule has 1 aliphatic rings. The van der Waals surface area contributed by atoms with Crippen molar-refractivity contribution in [2.75, 3.05) is 12.3 Å². The maximum atomic E-state index is 12.6. The van der Waals surface area contributed by atoms with E-state index in [2.05, 4.69) is 46.5 Å². The quantitative estimate of drug-likeness (QED) is 0.768. The van der Waals surface area contributed by atoms with Gasteiger partial charge in [-0.15, -0.1) is 0 Å². The van der Waals surface area contributed by atoms with E-state index in [1.165, 1.54) is 23.7 Å². The molecule has 1 unspecified atom stereocenters. The largest absolute Gasteiger partial charge is 0.339 e. The van der Waals surface area contributed by atoms with Gasteiger partial charge in [-0.25, -0.2) is 4.98 Å². The van der Waals surface area contributed by atoms with Crippen LogP contribution >= 0.6 is 11.8 Å². The fraction of sp³-hybridized carbons (Fsp3) is 0.474. The van der Waals surface area contributed by atoms with Gasteiger partial charge in [0.15, 0.2) is 5.16 Å². The fourth-order valence-corrected chi connectivity index (χ4v) is 4.19. The van der Waals surface area contributed by atoms with E-state index in [4.69, 9.17) is 0 Å². The number of aromatic nitrogens is 2. The number of benzene rings is 1. The van der Waals surface area contributed by atoms with E-state index >= 15 is 0 Å². The number of rotatable bonds is 5. The molecule has 0 bridgehead atoms. The number of likely N-dealkylation sites (tertiary alicyclic amines) is 1. The smallest absolute Gasteiger partial charge is 0.233 e. The molecule has 4 nitrogen and oxygen atoms in total. The predicted molar refractivity (Wildman–Crippen MR) is 98.7 cm³/mol. The van der Waals surface area contributed by atoms with Crippen LogP contribution in [0.1, 0.15) is 38.2 Å². The van der Waals surface area contributed by atoms with Gasteiger partial charge in [0, 0.05) is 30.7 Å². The molecule has 1 aliphatic heterocycles. The molecular weight excluding hydrogens is 318 g/mol. The van der Waals surface area contributed by atoms with Crippen molar-refractivity contribution in [1.82, 2.24) is 14.5 Å². The molecule has 1 aromatic carbocycles. The normalized spacial score (nSPS) is 17.9. The number of imidazole rings is 1. The molecule has 24 heavy (non-hydrogen) atoms. The Hall–Kier alpha value is -1.75. The zero-order valence-corrected chi connectivity index (χ0v) is 15.3. The molecule has 0 aliphatic carbocycles. The molecular formula is C19H25N3OS. The summed E-state index contributed by atoms with van der Waals surface area (Å²) in [5.41, 5.74) is 2.30. The van der Waals surface area contributed by atoms with Gasteiger partial charge >= 0.3 is 0 Å². The minimum absolute atomic E-state index is 0.241. The molecule has 1 aromatic heterocycles. The topological polar surface area (TPSA) is 38.1 Å². The molecule has 1 amide bonds. The highest BCUT2D eigenvalue weighted by Crippen LogP contribution is 2.24. The lowest BCUT2D eigenvalue weighted by molar-refractivity contribution is -0.132. The van der Waals surface area contributed by atoms with Crippen LogP contribution in [0.3, 0.4) is 0 Å². The van der Waals surface area contributed by atoms with Crippen LogP contribution in [0.4, 0.5) is 0 Å². The number of hydrogen-bond donors (Lipinski definition) is 0. The van der Waals surface area contributed by atoms with Gasteiger partial charge < -0.3 is 4.90 Å². The van der Waals surface area contributed by atoms with Crippen LogP contribution in [-0.4, -0.2) is 38.7 Å². The summed E-state index contributed by atoms with van der Waals surface area (Å²) in [5.74, 6) is 0.699. The number of carbonyl (C=O) groups excluding carboxylic acids is 1. The van der Waals surface area contributed by atoms with Crippen LogP contribution in [0, 0.1) is 6.92 Å². The highest BCUT2D eigenvalue weighted by atomic mass is 32.2. The summed E-state index contributed by atoms with van der Waals surface area (Å²) in [4.78, 5) is 19.1. The number of thioether (sulfide) groups is 1. The van der Waals surface area contributed by atoms with Crippen molar-refractivity contribution in [3.05, 3.63) is 42.2 Å².